The molecule has 1 fully saturated rings. The second-order valence-corrected chi connectivity index (χ2v) is 8.25. The number of thioether (sulfide) groups is 1. The lowest BCUT2D eigenvalue weighted by molar-refractivity contribution is 0.361. The molecule has 6 nitrogen and oxygen atoms in total. The molecule has 0 radical (unpaired) electrons. The van der Waals surface area contributed by atoms with Gasteiger partial charge in [-0.2, -0.15) is 11.8 Å². The van der Waals surface area contributed by atoms with Crippen LogP contribution in [0.2, 0.25) is 0 Å². The standard InChI is InChI=1S/C13H18N4O2S2/c1-20-13(6-4-7-13)9-15-21(18,19)12-11(14)16-10-5-2-3-8-17(10)12/h2-3,5,8,15H,4,6-7,9,14H2,1H3. The van der Waals surface area contributed by atoms with Crippen molar-refractivity contribution in [1.29, 1.82) is 0 Å². The zero-order valence-electron chi connectivity index (χ0n) is 11.7. The molecule has 114 valence electrons. The fourth-order valence-corrected chi connectivity index (χ4v) is 4.92. The molecule has 2 aromatic rings. The van der Waals surface area contributed by atoms with E-state index in [2.05, 4.69) is 9.71 Å². The number of nitrogens with two attached hydrogens (primary N) is 1. The van der Waals surface area contributed by atoms with Crippen LogP contribution < -0.4 is 10.5 Å². The maximum absolute atomic E-state index is 12.6. The van der Waals surface area contributed by atoms with Gasteiger partial charge in [0.1, 0.15) is 5.65 Å². The maximum atomic E-state index is 12.6. The molecule has 8 heteroatoms. The van der Waals surface area contributed by atoms with Crippen LogP contribution in [0.1, 0.15) is 19.3 Å². The zero-order chi connectivity index (χ0) is 15.1. The van der Waals surface area contributed by atoms with Gasteiger partial charge in [0.05, 0.1) is 0 Å². The van der Waals surface area contributed by atoms with Crippen molar-refractivity contribution in [3.05, 3.63) is 24.4 Å². The molecule has 2 aromatic heterocycles. The molecule has 1 aliphatic rings. The minimum absolute atomic E-state index is 0.0219. The minimum Gasteiger partial charge on any atom is -0.381 e. The highest BCUT2D eigenvalue weighted by molar-refractivity contribution is 8.00. The van der Waals surface area contributed by atoms with Crippen LogP contribution in [0.5, 0.6) is 0 Å². The summed E-state index contributed by atoms with van der Waals surface area (Å²) < 4.78 is 29.4. The smallest absolute Gasteiger partial charge is 0.260 e. The molecule has 3 N–H and O–H groups in total. The van der Waals surface area contributed by atoms with E-state index in [0.717, 1.165) is 19.3 Å². The highest BCUT2D eigenvalue weighted by Crippen LogP contribution is 2.42. The fourth-order valence-electron chi connectivity index (χ4n) is 2.58. The number of hydrogen-bond donors (Lipinski definition) is 2. The number of fused-ring (bicyclic) bond motifs is 1. The second-order valence-electron chi connectivity index (χ2n) is 5.30. The normalized spacial score (nSPS) is 17.8. The Morgan fingerprint density at radius 3 is 2.86 bits per heavy atom. The van der Waals surface area contributed by atoms with E-state index in [0.29, 0.717) is 12.2 Å². The van der Waals surface area contributed by atoms with Crippen molar-refractivity contribution < 1.29 is 8.42 Å². The van der Waals surface area contributed by atoms with Crippen molar-refractivity contribution in [1.82, 2.24) is 14.1 Å². The number of nitrogens with one attached hydrogen (secondary N) is 1. The molecular weight excluding hydrogens is 308 g/mol. The van der Waals surface area contributed by atoms with Gasteiger partial charge in [0.2, 0.25) is 0 Å². The third-order valence-electron chi connectivity index (χ3n) is 4.05. The highest BCUT2D eigenvalue weighted by atomic mass is 32.2. The lowest BCUT2D eigenvalue weighted by Crippen LogP contribution is -2.45. The summed E-state index contributed by atoms with van der Waals surface area (Å²) in [7, 11) is -3.68. The number of rotatable bonds is 5. The van der Waals surface area contributed by atoms with Crippen LogP contribution in [0, 0.1) is 0 Å². The van der Waals surface area contributed by atoms with E-state index in [1.807, 2.05) is 6.26 Å². The predicted molar refractivity (Wildman–Crippen MR) is 84.9 cm³/mol. The van der Waals surface area contributed by atoms with Crippen LogP contribution in [0.15, 0.2) is 29.4 Å². The van der Waals surface area contributed by atoms with Crippen LogP contribution in [-0.4, -0.2) is 35.4 Å². The van der Waals surface area contributed by atoms with Crippen LogP contribution in [0.25, 0.3) is 5.65 Å². The van der Waals surface area contributed by atoms with Gasteiger partial charge in [-0.15, -0.1) is 0 Å². The highest BCUT2D eigenvalue weighted by Gasteiger charge is 2.37. The number of nitrogens with zero attached hydrogens (tertiary/aromatic N) is 2. The SMILES string of the molecule is CSC1(CNS(=O)(=O)c2c(N)nc3ccccn23)CCC1. The molecule has 0 unspecified atom stereocenters. The van der Waals surface area contributed by atoms with Crippen molar-refractivity contribution in [3.63, 3.8) is 0 Å². The van der Waals surface area contributed by atoms with E-state index >= 15 is 0 Å². The molecule has 0 atom stereocenters. The minimum atomic E-state index is -3.68. The van der Waals surface area contributed by atoms with E-state index in [-0.39, 0.29) is 15.6 Å². The summed E-state index contributed by atoms with van der Waals surface area (Å²) in [6.07, 6.45) is 6.91. The Kier molecular flexibility index (Phi) is 3.62. The van der Waals surface area contributed by atoms with Crippen molar-refractivity contribution >= 4 is 33.3 Å². The van der Waals surface area contributed by atoms with Crippen LogP contribution in [0.3, 0.4) is 0 Å². The fraction of sp³-hybridized carbons (Fsp3) is 0.462. The van der Waals surface area contributed by atoms with E-state index in [9.17, 15) is 8.42 Å². The first kappa shape index (κ1) is 14.7. The number of anilines is 1. The Morgan fingerprint density at radius 1 is 1.48 bits per heavy atom. The lowest BCUT2D eigenvalue weighted by Gasteiger charge is -2.40. The Hall–Kier alpha value is -1.25. The molecule has 0 aromatic carbocycles. The molecule has 0 aliphatic heterocycles. The van der Waals surface area contributed by atoms with E-state index in [4.69, 9.17) is 5.73 Å². The summed E-state index contributed by atoms with van der Waals surface area (Å²) in [5.74, 6) is 0.0283. The van der Waals surface area contributed by atoms with Crippen molar-refractivity contribution in [2.45, 2.75) is 29.0 Å². The van der Waals surface area contributed by atoms with Gasteiger partial charge >= 0.3 is 0 Å². The molecule has 21 heavy (non-hydrogen) atoms. The average Bonchev–Trinajstić information content (AvgIpc) is 2.74. The van der Waals surface area contributed by atoms with E-state index in [1.165, 1.54) is 4.40 Å². The Morgan fingerprint density at radius 2 is 2.24 bits per heavy atom. The first-order valence-corrected chi connectivity index (χ1v) is 9.46. The monoisotopic (exact) mass is 326 g/mol. The molecular formula is C13H18N4O2S2. The van der Waals surface area contributed by atoms with Gasteiger partial charge in [-0.1, -0.05) is 12.5 Å². The molecule has 0 bridgehead atoms. The second kappa shape index (κ2) is 5.19. The quantitative estimate of drug-likeness (QED) is 0.869. The summed E-state index contributed by atoms with van der Waals surface area (Å²) in [5, 5.41) is 0.0219. The van der Waals surface area contributed by atoms with Gasteiger partial charge in [0.15, 0.2) is 10.8 Å². The predicted octanol–water partition coefficient (Wildman–Crippen LogP) is 1.48. The van der Waals surface area contributed by atoms with E-state index in [1.54, 1.807) is 36.2 Å². The summed E-state index contributed by atoms with van der Waals surface area (Å²) in [6.45, 7) is 0.427. The number of aromatic nitrogens is 2. The number of sulfonamides is 1. The molecule has 0 amide bonds. The van der Waals surface area contributed by atoms with Gasteiger partial charge in [-0.25, -0.2) is 18.1 Å². The number of pyridine rings is 1. The maximum Gasteiger partial charge on any atom is 0.260 e. The summed E-state index contributed by atoms with van der Waals surface area (Å²) in [6, 6.07) is 5.27. The van der Waals surface area contributed by atoms with Gasteiger partial charge in [0, 0.05) is 17.5 Å². The van der Waals surface area contributed by atoms with Crippen molar-refractivity contribution in [2.24, 2.45) is 0 Å². The topological polar surface area (TPSA) is 89.5 Å². The number of imidazole rings is 1. The molecule has 0 saturated heterocycles. The lowest BCUT2D eigenvalue weighted by atomic mass is 9.84. The van der Waals surface area contributed by atoms with Gasteiger partial charge < -0.3 is 5.73 Å². The molecule has 2 heterocycles. The van der Waals surface area contributed by atoms with Gasteiger partial charge in [-0.05, 0) is 31.2 Å². The molecule has 3 rings (SSSR count). The van der Waals surface area contributed by atoms with Crippen molar-refractivity contribution in [2.75, 3.05) is 18.5 Å². The number of hydrogen-bond acceptors (Lipinski definition) is 5. The van der Waals surface area contributed by atoms with Crippen LogP contribution >= 0.6 is 11.8 Å². The van der Waals surface area contributed by atoms with E-state index < -0.39 is 10.0 Å². The largest absolute Gasteiger partial charge is 0.381 e. The van der Waals surface area contributed by atoms with Gasteiger partial charge in [-0.3, -0.25) is 4.40 Å². The third kappa shape index (κ3) is 2.51. The third-order valence-corrected chi connectivity index (χ3v) is 6.91. The Bertz CT molecular complexity index is 760. The Balaban J connectivity index is 1.91. The molecule has 0 spiro atoms. The zero-order valence-corrected chi connectivity index (χ0v) is 13.4. The Labute approximate surface area is 128 Å². The number of nitrogen functional groups attached to an aromatic ring is 1. The van der Waals surface area contributed by atoms with Crippen molar-refractivity contribution in [3.8, 4) is 0 Å². The van der Waals surface area contributed by atoms with Gasteiger partial charge in [0.25, 0.3) is 10.0 Å². The molecule has 1 saturated carbocycles. The summed E-state index contributed by atoms with van der Waals surface area (Å²) in [5.41, 5.74) is 6.33. The molecule has 1 aliphatic carbocycles. The summed E-state index contributed by atoms with van der Waals surface area (Å²) >= 11 is 1.72. The first-order chi connectivity index (χ1) is 9.97. The summed E-state index contributed by atoms with van der Waals surface area (Å²) in [4.78, 5) is 4.09. The first-order valence-electron chi connectivity index (χ1n) is 6.75. The average molecular weight is 326 g/mol. The van der Waals surface area contributed by atoms with Crippen LogP contribution in [-0.2, 0) is 10.0 Å². The van der Waals surface area contributed by atoms with Crippen LogP contribution in [0.4, 0.5) is 5.82 Å².